The molecular formula is C13H15FN2O. The topological polar surface area (TPSA) is 38.0 Å². The van der Waals surface area contributed by atoms with Gasteiger partial charge < -0.3 is 5.11 Å². The molecule has 1 aromatic carbocycles. The zero-order valence-electron chi connectivity index (χ0n) is 10.2. The fourth-order valence-corrected chi connectivity index (χ4v) is 1.86. The third kappa shape index (κ3) is 1.85. The van der Waals surface area contributed by atoms with Crippen LogP contribution in [0.25, 0.3) is 5.69 Å². The Bertz CT molecular complexity index is 561. The van der Waals surface area contributed by atoms with E-state index in [9.17, 15) is 9.50 Å². The average molecular weight is 234 g/mol. The summed E-state index contributed by atoms with van der Waals surface area (Å²) in [7, 11) is 0. The Morgan fingerprint density at radius 1 is 1.29 bits per heavy atom. The van der Waals surface area contributed by atoms with E-state index in [0.29, 0.717) is 5.69 Å². The molecule has 0 aliphatic carbocycles. The predicted octanol–water partition coefficient (Wildman–Crippen LogP) is 2.43. The van der Waals surface area contributed by atoms with E-state index in [-0.39, 0.29) is 12.2 Å². The number of aliphatic hydroxyl groups is 1. The van der Waals surface area contributed by atoms with Crippen molar-refractivity contribution in [3.8, 4) is 5.69 Å². The molecular weight excluding hydrogens is 219 g/mol. The van der Waals surface area contributed by atoms with Crippen LogP contribution < -0.4 is 0 Å². The molecule has 0 aliphatic rings. The van der Waals surface area contributed by atoms with Crippen molar-refractivity contribution >= 4 is 0 Å². The fourth-order valence-electron chi connectivity index (χ4n) is 1.86. The minimum Gasteiger partial charge on any atom is -0.391 e. The summed E-state index contributed by atoms with van der Waals surface area (Å²) in [6, 6.07) is 4.72. The van der Waals surface area contributed by atoms with E-state index >= 15 is 0 Å². The van der Waals surface area contributed by atoms with Gasteiger partial charge in [-0.05, 0) is 38.5 Å². The molecule has 90 valence electrons. The number of halogens is 1. The van der Waals surface area contributed by atoms with Gasteiger partial charge >= 0.3 is 0 Å². The highest BCUT2D eigenvalue weighted by Gasteiger charge is 2.14. The van der Waals surface area contributed by atoms with E-state index < -0.39 is 5.82 Å². The van der Waals surface area contributed by atoms with E-state index in [0.717, 1.165) is 17.0 Å². The molecule has 1 N–H and O–H groups in total. The first kappa shape index (κ1) is 11.8. The molecule has 0 aliphatic heterocycles. The Morgan fingerprint density at radius 2 is 2.00 bits per heavy atom. The molecule has 0 saturated heterocycles. The number of rotatable bonds is 2. The number of aryl methyl sites for hydroxylation is 1. The first-order chi connectivity index (χ1) is 8.06. The first-order valence-electron chi connectivity index (χ1n) is 5.47. The monoisotopic (exact) mass is 234 g/mol. The highest BCUT2D eigenvalue weighted by molar-refractivity contribution is 5.43. The summed E-state index contributed by atoms with van der Waals surface area (Å²) < 4.78 is 15.3. The Morgan fingerprint density at radius 3 is 2.53 bits per heavy atom. The Kier molecular flexibility index (Phi) is 2.98. The second-order valence-corrected chi connectivity index (χ2v) is 4.10. The summed E-state index contributed by atoms with van der Waals surface area (Å²) in [4.78, 5) is 0. The Hall–Kier alpha value is -1.68. The fraction of sp³-hybridized carbons (Fsp3) is 0.308. The van der Waals surface area contributed by atoms with Gasteiger partial charge in [0.1, 0.15) is 5.82 Å². The molecule has 3 nitrogen and oxygen atoms in total. The van der Waals surface area contributed by atoms with Crippen LogP contribution in [0, 0.1) is 26.6 Å². The van der Waals surface area contributed by atoms with Crippen molar-refractivity contribution < 1.29 is 9.50 Å². The lowest BCUT2D eigenvalue weighted by atomic mass is 10.1. The van der Waals surface area contributed by atoms with Crippen LogP contribution in [0.1, 0.15) is 22.5 Å². The Balaban J connectivity index is 2.68. The van der Waals surface area contributed by atoms with Crippen molar-refractivity contribution in [3.05, 3.63) is 46.5 Å². The molecule has 1 heterocycles. The van der Waals surface area contributed by atoms with E-state index in [1.165, 1.54) is 6.07 Å². The van der Waals surface area contributed by atoms with Crippen LogP contribution in [0.15, 0.2) is 18.2 Å². The van der Waals surface area contributed by atoms with Crippen molar-refractivity contribution in [1.82, 2.24) is 9.78 Å². The van der Waals surface area contributed by atoms with Crippen LogP contribution in [0.3, 0.4) is 0 Å². The van der Waals surface area contributed by atoms with E-state index in [1.807, 2.05) is 20.8 Å². The highest BCUT2D eigenvalue weighted by atomic mass is 19.1. The SMILES string of the molecule is Cc1nn(-c2cccc(F)c2CO)c(C)c1C. The minimum atomic E-state index is -0.407. The highest BCUT2D eigenvalue weighted by Crippen LogP contribution is 2.22. The molecule has 17 heavy (non-hydrogen) atoms. The third-order valence-corrected chi connectivity index (χ3v) is 3.13. The molecule has 0 saturated carbocycles. The molecule has 0 atom stereocenters. The van der Waals surface area contributed by atoms with Gasteiger partial charge in [-0.2, -0.15) is 5.10 Å². The lowest BCUT2D eigenvalue weighted by molar-refractivity contribution is 0.275. The van der Waals surface area contributed by atoms with Gasteiger partial charge in [-0.3, -0.25) is 0 Å². The maximum Gasteiger partial charge on any atom is 0.130 e. The molecule has 4 heteroatoms. The standard InChI is InChI=1S/C13H15FN2O/c1-8-9(2)15-16(10(8)3)13-6-4-5-12(14)11(13)7-17/h4-6,17H,7H2,1-3H3. The van der Waals surface area contributed by atoms with Gasteiger partial charge in [0.2, 0.25) is 0 Å². The van der Waals surface area contributed by atoms with Crippen LogP contribution in [0.2, 0.25) is 0 Å². The number of benzene rings is 1. The molecule has 0 radical (unpaired) electrons. The molecule has 0 amide bonds. The van der Waals surface area contributed by atoms with E-state index in [2.05, 4.69) is 5.10 Å². The normalized spacial score (nSPS) is 10.9. The zero-order chi connectivity index (χ0) is 12.6. The van der Waals surface area contributed by atoms with Gasteiger partial charge in [0.05, 0.1) is 18.0 Å². The number of hydrogen-bond donors (Lipinski definition) is 1. The third-order valence-electron chi connectivity index (χ3n) is 3.13. The second kappa shape index (κ2) is 4.30. The minimum absolute atomic E-state index is 0.276. The summed E-state index contributed by atoms with van der Waals surface area (Å²) >= 11 is 0. The largest absolute Gasteiger partial charge is 0.391 e. The van der Waals surface area contributed by atoms with Crippen LogP contribution in [-0.4, -0.2) is 14.9 Å². The summed E-state index contributed by atoms with van der Waals surface area (Å²) in [5.74, 6) is -0.407. The zero-order valence-corrected chi connectivity index (χ0v) is 10.2. The number of aliphatic hydroxyl groups excluding tert-OH is 1. The van der Waals surface area contributed by atoms with Crippen LogP contribution in [0.5, 0.6) is 0 Å². The molecule has 2 aromatic rings. The summed E-state index contributed by atoms with van der Waals surface area (Å²) in [5.41, 5.74) is 3.83. The molecule has 2 rings (SSSR count). The van der Waals surface area contributed by atoms with E-state index in [1.54, 1.807) is 16.8 Å². The van der Waals surface area contributed by atoms with Gasteiger partial charge in [-0.25, -0.2) is 9.07 Å². The van der Waals surface area contributed by atoms with Gasteiger partial charge in [0.25, 0.3) is 0 Å². The average Bonchev–Trinajstić information content (AvgIpc) is 2.56. The van der Waals surface area contributed by atoms with E-state index in [4.69, 9.17) is 0 Å². The number of hydrogen-bond acceptors (Lipinski definition) is 2. The second-order valence-electron chi connectivity index (χ2n) is 4.10. The first-order valence-corrected chi connectivity index (χ1v) is 5.47. The van der Waals surface area contributed by atoms with Crippen LogP contribution >= 0.6 is 0 Å². The van der Waals surface area contributed by atoms with Crippen molar-refractivity contribution in [2.75, 3.05) is 0 Å². The van der Waals surface area contributed by atoms with Crippen LogP contribution in [-0.2, 0) is 6.61 Å². The van der Waals surface area contributed by atoms with Crippen molar-refractivity contribution in [3.63, 3.8) is 0 Å². The summed E-state index contributed by atoms with van der Waals surface area (Å²) in [6.07, 6.45) is 0. The maximum absolute atomic E-state index is 13.6. The lowest BCUT2D eigenvalue weighted by Gasteiger charge is -2.10. The number of nitrogens with zero attached hydrogens (tertiary/aromatic N) is 2. The lowest BCUT2D eigenvalue weighted by Crippen LogP contribution is -2.05. The van der Waals surface area contributed by atoms with Crippen LogP contribution in [0.4, 0.5) is 4.39 Å². The van der Waals surface area contributed by atoms with Gasteiger partial charge in [-0.15, -0.1) is 0 Å². The van der Waals surface area contributed by atoms with Gasteiger partial charge in [0.15, 0.2) is 0 Å². The number of aromatic nitrogens is 2. The van der Waals surface area contributed by atoms with Gasteiger partial charge in [0, 0.05) is 11.3 Å². The maximum atomic E-state index is 13.6. The van der Waals surface area contributed by atoms with Crippen molar-refractivity contribution in [1.29, 1.82) is 0 Å². The molecule has 0 unspecified atom stereocenters. The van der Waals surface area contributed by atoms with Gasteiger partial charge in [-0.1, -0.05) is 6.07 Å². The smallest absolute Gasteiger partial charge is 0.130 e. The summed E-state index contributed by atoms with van der Waals surface area (Å²) in [5, 5.41) is 13.6. The quantitative estimate of drug-likeness (QED) is 0.866. The molecule has 0 bridgehead atoms. The summed E-state index contributed by atoms with van der Waals surface area (Å²) in [6.45, 7) is 5.49. The molecule has 0 fully saturated rings. The predicted molar refractivity (Wildman–Crippen MR) is 63.7 cm³/mol. The molecule has 0 spiro atoms. The Labute approximate surface area is 99.5 Å². The van der Waals surface area contributed by atoms with Crippen molar-refractivity contribution in [2.24, 2.45) is 0 Å². The van der Waals surface area contributed by atoms with Crippen molar-refractivity contribution in [2.45, 2.75) is 27.4 Å². The molecule has 1 aromatic heterocycles.